The molecule has 1 aliphatic carbocycles. The van der Waals surface area contributed by atoms with Gasteiger partial charge in [0.25, 0.3) is 0 Å². The Bertz CT molecular complexity index is 297. The van der Waals surface area contributed by atoms with Crippen LogP contribution in [0, 0.1) is 5.92 Å². The van der Waals surface area contributed by atoms with E-state index in [1.165, 1.54) is 0 Å². The maximum atomic E-state index is 11.5. The number of carbonyl (C=O) groups is 2. The van der Waals surface area contributed by atoms with Gasteiger partial charge >= 0.3 is 5.97 Å². The molecule has 0 saturated heterocycles. The molecule has 1 aliphatic rings. The number of amides is 1. The van der Waals surface area contributed by atoms with Crippen molar-refractivity contribution in [1.82, 2.24) is 5.32 Å². The molecule has 0 aromatic carbocycles. The minimum atomic E-state index is -0.921. The highest BCUT2D eigenvalue weighted by molar-refractivity contribution is 5.86. The molecule has 0 aromatic rings. The van der Waals surface area contributed by atoms with E-state index in [1.54, 1.807) is 0 Å². The van der Waals surface area contributed by atoms with Crippen molar-refractivity contribution >= 4 is 11.9 Å². The molecule has 102 valence electrons. The number of unbranched alkanes of at least 4 members (excludes halogenated alkanes) is 4. The molecule has 0 aliphatic heterocycles. The Kier molecular flexibility index (Phi) is 6.47. The van der Waals surface area contributed by atoms with Crippen molar-refractivity contribution in [2.45, 2.75) is 57.4 Å². The Labute approximate surface area is 108 Å². The van der Waals surface area contributed by atoms with E-state index in [4.69, 9.17) is 5.11 Å². The van der Waals surface area contributed by atoms with E-state index in [-0.39, 0.29) is 11.8 Å². The maximum Gasteiger partial charge on any atom is 0.326 e. The van der Waals surface area contributed by atoms with E-state index >= 15 is 0 Å². The number of carbonyl (C=O) groups excluding carboxylic acids is 1. The molecule has 0 heterocycles. The van der Waals surface area contributed by atoms with Crippen LogP contribution in [0.4, 0.5) is 0 Å². The topological polar surface area (TPSA) is 66.4 Å². The van der Waals surface area contributed by atoms with Crippen LogP contribution in [0.25, 0.3) is 0 Å². The molecular formula is C14H23NO3. The molecule has 4 heteroatoms. The number of rotatable bonds is 10. The number of nitrogens with one attached hydrogen (secondary N) is 1. The van der Waals surface area contributed by atoms with Gasteiger partial charge in [0.2, 0.25) is 5.91 Å². The van der Waals surface area contributed by atoms with Gasteiger partial charge in [-0.1, -0.05) is 25.3 Å². The summed E-state index contributed by atoms with van der Waals surface area (Å²) >= 11 is 0. The first kappa shape index (κ1) is 14.7. The molecule has 4 nitrogen and oxygen atoms in total. The quantitative estimate of drug-likeness (QED) is 0.464. The molecule has 1 fully saturated rings. The molecule has 1 atom stereocenters. The highest BCUT2D eigenvalue weighted by Crippen LogP contribution is 2.29. The minimum Gasteiger partial charge on any atom is -0.480 e. The first-order valence-corrected chi connectivity index (χ1v) is 6.79. The predicted molar refractivity (Wildman–Crippen MR) is 70.2 cm³/mol. The Morgan fingerprint density at radius 2 is 1.94 bits per heavy atom. The fraction of sp³-hybridized carbons (Fsp3) is 0.714. The summed E-state index contributed by atoms with van der Waals surface area (Å²) < 4.78 is 0. The zero-order valence-electron chi connectivity index (χ0n) is 10.9. The van der Waals surface area contributed by atoms with E-state index in [2.05, 4.69) is 11.9 Å². The van der Waals surface area contributed by atoms with Crippen LogP contribution in [0.15, 0.2) is 12.7 Å². The van der Waals surface area contributed by atoms with Crippen LogP contribution in [0.1, 0.15) is 51.4 Å². The van der Waals surface area contributed by atoms with Gasteiger partial charge in [0.15, 0.2) is 0 Å². The summed E-state index contributed by atoms with van der Waals surface area (Å²) in [4.78, 5) is 22.5. The fourth-order valence-corrected chi connectivity index (χ4v) is 1.88. The van der Waals surface area contributed by atoms with Crippen LogP contribution in [-0.4, -0.2) is 23.0 Å². The zero-order valence-corrected chi connectivity index (χ0v) is 10.9. The molecule has 18 heavy (non-hydrogen) atoms. The number of hydrogen-bond acceptors (Lipinski definition) is 2. The van der Waals surface area contributed by atoms with Crippen LogP contribution in [0.5, 0.6) is 0 Å². The molecular weight excluding hydrogens is 230 g/mol. The minimum absolute atomic E-state index is 0.0689. The summed E-state index contributed by atoms with van der Waals surface area (Å²) in [5.41, 5.74) is 0. The lowest BCUT2D eigenvalue weighted by molar-refractivity contribution is -0.142. The van der Waals surface area contributed by atoms with E-state index < -0.39 is 12.0 Å². The third kappa shape index (κ3) is 5.84. The van der Waals surface area contributed by atoms with Gasteiger partial charge < -0.3 is 10.4 Å². The lowest BCUT2D eigenvalue weighted by Gasteiger charge is -2.14. The Morgan fingerprint density at radius 3 is 2.50 bits per heavy atom. The lowest BCUT2D eigenvalue weighted by atomic mass is 10.1. The summed E-state index contributed by atoms with van der Waals surface area (Å²) in [6.07, 6.45) is 9.30. The van der Waals surface area contributed by atoms with Crippen molar-refractivity contribution in [3.05, 3.63) is 12.7 Å². The number of aliphatic carboxylic acids is 1. The largest absolute Gasteiger partial charge is 0.480 e. The first-order chi connectivity index (χ1) is 8.65. The van der Waals surface area contributed by atoms with Crippen LogP contribution < -0.4 is 5.32 Å². The summed E-state index contributed by atoms with van der Waals surface area (Å²) in [6, 6.07) is -0.711. The summed E-state index contributed by atoms with van der Waals surface area (Å²) in [5, 5.41) is 11.7. The molecule has 0 radical (unpaired) electrons. The van der Waals surface area contributed by atoms with Crippen molar-refractivity contribution in [2.75, 3.05) is 0 Å². The zero-order chi connectivity index (χ0) is 13.4. The number of carboxylic acids is 1. The summed E-state index contributed by atoms with van der Waals surface area (Å²) in [6.45, 7) is 3.66. The lowest BCUT2D eigenvalue weighted by Crippen LogP contribution is -2.41. The van der Waals surface area contributed by atoms with Gasteiger partial charge in [-0.25, -0.2) is 4.79 Å². The molecule has 0 spiro atoms. The fourth-order valence-electron chi connectivity index (χ4n) is 1.88. The highest BCUT2D eigenvalue weighted by atomic mass is 16.4. The van der Waals surface area contributed by atoms with E-state index in [9.17, 15) is 9.59 Å². The summed E-state index contributed by atoms with van der Waals surface area (Å²) in [7, 11) is 0. The van der Waals surface area contributed by atoms with Crippen molar-refractivity contribution in [1.29, 1.82) is 0 Å². The molecule has 1 amide bonds. The standard InChI is InChI=1S/C14H23NO3/c1-2-3-4-5-6-7-8-12(14(17)18)15-13(16)11-9-10-11/h2,11-12H,1,3-10H2,(H,15,16)(H,17,18)/t12-/m0/s1. The van der Waals surface area contributed by atoms with Crippen molar-refractivity contribution in [3.63, 3.8) is 0 Å². The Balaban J connectivity index is 2.14. The smallest absolute Gasteiger partial charge is 0.326 e. The van der Waals surface area contributed by atoms with Gasteiger partial charge in [0, 0.05) is 5.92 Å². The van der Waals surface area contributed by atoms with E-state index in [0.29, 0.717) is 6.42 Å². The van der Waals surface area contributed by atoms with Gasteiger partial charge in [-0.3, -0.25) is 4.79 Å². The average molecular weight is 253 g/mol. The molecule has 1 rings (SSSR count). The van der Waals surface area contributed by atoms with Gasteiger partial charge in [-0.05, 0) is 32.1 Å². The first-order valence-electron chi connectivity index (χ1n) is 6.79. The molecule has 1 saturated carbocycles. The molecule has 0 unspecified atom stereocenters. The highest BCUT2D eigenvalue weighted by Gasteiger charge is 2.32. The van der Waals surface area contributed by atoms with Gasteiger partial charge in [0.1, 0.15) is 6.04 Å². The number of carboxylic acid groups (broad SMARTS) is 1. The van der Waals surface area contributed by atoms with Crippen molar-refractivity contribution < 1.29 is 14.7 Å². The average Bonchev–Trinajstić information content (AvgIpc) is 3.15. The van der Waals surface area contributed by atoms with E-state index in [1.807, 2.05) is 6.08 Å². The van der Waals surface area contributed by atoms with E-state index in [0.717, 1.165) is 44.9 Å². The molecule has 0 bridgehead atoms. The summed E-state index contributed by atoms with van der Waals surface area (Å²) in [5.74, 6) is -0.941. The van der Waals surface area contributed by atoms with Gasteiger partial charge in [-0.2, -0.15) is 0 Å². The molecule has 2 N–H and O–H groups in total. The predicted octanol–water partition coefficient (Wildman–Crippen LogP) is 2.49. The van der Waals surface area contributed by atoms with Gasteiger partial charge in [-0.15, -0.1) is 6.58 Å². The van der Waals surface area contributed by atoms with Crippen LogP contribution in [0.2, 0.25) is 0 Å². The van der Waals surface area contributed by atoms with Crippen LogP contribution in [0.3, 0.4) is 0 Å². The van der Waals surface area contributed by atoms with Crippen molar-refractivity contribution in [2.24, 2.45) is 5.92 Å². The van der Waals surface area contributed by atoms with Gasteiger partial charge in [0.05, 0.1) is 0 Å². The second-order valence-electron chi connectivity index (χ2n) is 4.95. The second kappa shape index (κ2) is 7.90. The monoisotopic (exact) mass is 253 g/mol. The SMILES string of the molecule is C=CCCCCCC[C@H](NC(=O)C1CC1)C(=O)O. The number of hydrogen-bond donors (Lipinski definition) is 2. The normalized spacial score (nSPS) is 16.0. The Morgan fingerprint density at radius 1 is 1.28 bits per heavy atom. The van der Waals surface area contributed by atoms with Crippen LogP contribution >= 0.6 is 0 Å². The van der Waals surface area contributed by atoms with Crippen LogP contribution in [-0.2, 0) is 9.59 Å². The third-order valence-corrected chi connectivity index (χ3v) is 3.21. The number of allylic oxidation sites excluding steroid dienone is 1. The second-order valence-corrected chi connectivity index (χ2v) is 4.95. The maximum absolute atomic E-state index is 11.5. The third-order valence-electron chi connectivity index (χ3n) is 3.21. The Hall–Kier alpha value is -1.32. The van der Waals surface area contributed by atoms with Crippen molar-refractivity contribution in [3.8, 4) is 0 Å². The molecule has 0 aromatic heterocycles.